The zero-order valence-corrected chi connectivity index (χ0v) is 14.7. The Kier molecular flexibility index (Phi) is 6.12. The minimum atomic E-state index is 0.529. The van der Waals surface area contributed by atoms with Gasteiger partial charge in [0.05, 0.1) is 16.4 Å². The SMILES string of the molecule is CCCNC(Cc1c(Cl)c(C)nn1CC)C1CCCC1C. The van der Waals surface area contributed by atoms with Crippen molar-refractivity contribution in [3.63, 3.8) is 0 Å². The molecule has 2 rings (SSSR count). The van der Waals surface area contributed by atoms with Gasteiger partial charge in [0.2, 0.25) is 0 Å². The van der Waals surface area contributed by atoms with Gasteiger partial charge in [-0.25, -0.2) is 0 Å². The van der Waals surface area contributed by atoms with Crippen LogP contribution in [-0.4, -0.2) is 22.4 Å². The topological polar surface area (TPSA) is 29.9 Å². The van der Waals surface area contributed by atoms with Gasteiger partial charge in [0.25, 0.3) is 0 Å². The van der Waals surface area contributed by atoms with E-state index in [0.717, 1.165) is 42.1 Å². The number of nitrogens with zero attached hydrogens (tertiary/aromatic N) is 2. The minimum absolute atomic E-state index is 0.529. The monoisotopic (exact) mass is 311 g/mol. The number of hydrogen-bond acceptors (Lipinski definition) is 2. The van der Waals surface area contributed by atoms with Crippen LogP contribution in [0.3, 0.4) is 0 Å². The molecule has 3 nitrogen and oxygen atoms in total. The number of aromatic nitrogens is 2. The average molecular weight is 312 g/mol. The Morgan fingerprint density at radius 2 is 2.14 bits per heavy atom. The molecule has 0 bridgehead atoms. The van der Waals surface area contributed by atoms with Gasteiger partial charge in [-0.05, 0) is 45.1 Å². The van der Waals surface area contributed by atoms with E-state index in [4.69, 9.17) is 11.6 Å². The van der Waals surface area contributed by atoms with Crippen LogP contribution >= 0.6 is 11.6 Å². The van der Waals surface area contributed by atoms with Gasteiger partial charge in [-0.2, -0.15) is 5.10 Å². The van der Waals surface area contributed by atoms with Crippen LogP contribution in [0, 0.1) is 18.8 Å². The second-order valence-electron chi connectivity index (χ2n) is 6.50. The fraction of sp³-hybridized carbons (Fsp3) is 0.824. The van der Waals surface area contributed by atoms with E-state index in [1.807, 2.05) is 6.92 Å². The Bertz CT molecular complexity index is 455. The van der Waals surface area contributed by atoms with Gasteiger partial charge >= 0.3 is 0 Å². The molecule has 1 aromatic rings. The van der Waals surface area contributed by atoms with Crippen molar-refractivity contribution in [1.29, 1.82) is 0 Å². The molecule has 1 saturated carbocycles. The summed E-state index contributed by atoms with van der Waals surface area (Å²) in [5, 5.41) is 9.21. The van der Waals surface area contributed by atoms with Crippen LogP contribution in [0.4, 0.5) is 0 Å². The lowest BCUT2D eigenvalue weighted by Gasteiger charge is -2.28. The molecule has 1 N–H and O–H groups in total. The molecule has 1 aromatic heterocycles. The van der Waals surface area contributed by atoms with Gasteiger partial charge in [-0.3, -0.25) is 4.68 Å². The zero-order valence-electron chi connectivity index (χ0n) is 14.0. The molecule has 1 heterocycles. The van der Waals surface area contributed by atoms with Crippen LogP contribution in [0.1, 0.15) is 57.8 Å². The third-order valence-electron chi connectivity index (χ3n) is 4.97. The van der Waals surface area contributed by atoms with Crippen LogP contribution in [0.15, 0.2) is 0 Å². The molecule has 120 valence electrons. The van der Waals surface area contributed by atoms with E-state index in [0.29, 0.717) is 6.04 Å². The summed E-state index contributed by atoms with van der Waals surface area (Å²) >= 11 is 6.50. The van der Waals surface area contributed by atoms with Gasteiger partial charge in [0.15, 0.2) is 0 Å². The first-order chi connectivity index (χ1) is 10.1. The summed E-state index contributed by atoms with van der Waals surface area (Å²) in [7, 11) is 0. The maximum Gasteiger partial charge on any atom is 0.0847 e. The van der Waals surface area contributed by atoms with E-state index in [1.165, 1.54) is 31.4 Å². The lowest BCUT2D eigenvalue weighted by atomic mass is 9.87. The molecule has 1 fully saturated rings. The molecule has 3 unspecified atom stereocenters. The van der Waals surface area contributed by atoms with Crippen LogP contribution in [0.5, 0.6) is 0 Å². The van der Waals surface area contributed by atoms with E-state index >= 15 is 0 Å². The molecular weight excluding hydrogens is 282 g/mol. The molecule has 0 aromatic carbocycles. The number of halogens is 1. The zero-order chi connectivity index (χ0) is 15.4. The third-order valence-corrected chi connectivity index (χ3v) is 5.46. The van der Waals surface area contributed by atoms with Crippen molar-refractivity contribution < 1.29 is 0 Å². The molecule has 21 heavy (non-hydrogen) atoms. The summed E-state index contributed by atoms with van der Waals surface area (Å²) in [6.45, 7) is 10.8. The quantitative estimate of drug-likeness (QED) is 0.817. The summed E-state index contributed by atoms with van der Waals surface area (Å²) in [6.07, 6.45) is 6.27. The number of nitrogens with one attached hydrogen (secondary N) is 1. The summed E-state index contributed by atoms with van der Waals surface area (Å²) < 4.78 is 2.08. The Labute approximate surface area is 134 Å². The van der Waals surface area contributed by atoms with Crippen LogP contribution in [0.2, 0.25) is 5.02 Å². The fourth-order valence-electron chi connectivity index (χ4n) is 3.75. The predicted molar refractivity (Wildman–Crippen MR) is 89.9 cm³/mol. The molecule has 3 atom stereocenters. The van der Waals surface area contributed by atoms with Crippen LogP contribution in [-0.2, 0) is 13.0 Å². The molecule has 0 radical (unpaired) electrons. The molecule has 4 heteroatoms. The van der Waals surface area contributed by atoms with Gasteiger partial charge in [0.1, 0.15) is 0 Å². The lowest BCUT2D eigenvalue weighted by Crippen LogP contribution is -2.40. The standard InChI is InChI=1S/C17H30ClN3/c1-5-10-19-15(14-9-7-8-12(14)3)11-16-17(18)13(4)20-21(16)6-2/h12,14-15,19H,5-11H2,1-4H3. The van der Waals surface area contributed by atoms with Crippen molar-refractivity contribution in [2.24, 2.45) is 11.8 Å². The Morgan fingerprint density at radius 3 is 2.71 bits per heavy atom. The predicted octanol–water partition coefficient (Wildman–Crippen LogP) is 4.21. The molecule has 0 aliphatic heterocycles. The first-order valence-electron chi connectivity index (χ1n) is 8.53. The van der Waals surface area contributed by atoms with Crippen molar-refractivity contribution >= 4 is 11.6 Å². The number of aryl methyl sites for hydroxylation is 2. The van der Waals surface area contributed by atoms with Gasteiger partial charge in [-0.1, -0.05) is 38.3 Å². The van der Waals surface area contributed by atoms with E-state index in [2.05, 4.69) is 35.9 Å². The van der Waals surface area contributed by atoms with Crippen LogP contribution < -0.4 is 5.32 Å². The smallest absolute Gasteiger partial charge is 0.0847 e. The van der Waals surface area contributed by atoms with Crippen LogP contribution in [0.25, 0.3) is 0 Å². The first-order valence-corrected chi connectivity index (χ1v) is 8.91. The van der Waals surface area contributed by atoms with Crippen molar-refractivity contribution in [3.8, 4) is 0 Å². The normalized spacial score (nSPS) is 23.7. The minimum Gasteiger partial charge on any atom is -0.313 e. The second kappa shape index (κ2) is 7.64. The Balaban J connectivity index is 2.18. The summed E-state index contributed by atoms with van der Waals surface area (Å²) in [5.41, 5.74) is 2.17. The Morgan fingerprint density at radius 1 is 1.38 bits per heavy atom. The highest BCUT2D eigenvalue weighted by molar-refractivity contribution is 6.31. The maximum absolute atomic E-state index is 6.50. The van der Waals surface area contributed by atoms with Gasteiger partial charge in [-0.15, -0.1) is 0 Å². The Hall–Kier alpha value is -0.540. The molecule has 0 amide bonds. The van der Waals surface area contributed by atoms with Gasteiger partial charge in [0, 0.05) is 19.0 Å². The van der Waals surface area contributed by atoms with Gasteiger partial charge < -0.3 is 5.32 Å². The van der Waals surface area contributed by atoms with Crippen molar-refractivity contribution in [2.45, 2.75) is 72.4 Å². The summed E-state index contributed by atoms with van der Waals surface area (Å²) in [5.74, 6) is 1.59. The lowest BCUT2D eigenvalue weighted by molar-refractivity contribution is 0.291. The van der Waals surface area contributed by atoms with Crippen molar-refractivity contribution in [1.82, 2.24) is 15.1 Å². The largest absolute Gasteiger partial charge is 0.313 e. The molecule has 1 aliphatic carbocycles. The van der Waals surface area contributed by atoms with E-state index in [-0.39, 0.29) is 0 Å². The average Bonchev–Trinajstić information content (AvgIpc) is 3.01. The highest BCUT2D eigenvalue weighted by atomic mass is 35.5. The highest BCUT2D eigenvalue weighted by Crippen LogP contribution is 2.35. The number of rotatable bonds is 7. The van der Waals surface area contributed by atoms with E-state index < -0.39 is 0 Å². The second-order valence-corrected chi connectivity index (χ2v) is 6.88. The van der Waals surface area contributed by atoms with Crippen molar-refractivity contribution in [3.05, 3.63) is 16.4 Å². The summed E-state index contributed by atoms with van der Waals surface area (Å²) in [6, 6.07) is 0.529. The first kappa shape index (κ1) is 16.8. The van der Waals surface area contributed by atoms with E-state index in [9.17, 15) is 0 Å². The van der Waals surface area contributed by atoms with Crippen molar-refractivity contribution in [2.75, 3.05) is 6.54 Å². The number of hydrogen-bond donors (Lipinski definition) is 1. The molecule has 0 saturated heterocycles. The molecule has 0 spiro atoms. The molecule has 1 aliphatic rings. The molecular formula is C17H30ClN3. The maximum atomic E-state index is 6.50. The highest BCUT2D eigenvalue weighted by Gasteiger charge is 2.32. The fourth-order valence-corrected chi connectivity index (χ4v) is 3.96. The van der Waals surface area contributed by atoms with E-state index in [1.54, 1.807) is 0 Å². The summed E-state index contributed by atoms with van der Waals surface area (Å²) in [4.78, 5) is 0. The third kappa shape index (κ3) is 3.81.